The van der Waals surface area contributed by atoms with E-state index in [1.165, 1.54) is 24.3 Å². The summed E-state index contributed by atoms with van der Waals surface area (Å²) in [6.45, 7) is -0.0764. The topological polar surface area (TPSA) is 45.6 Å². The van der Waals surface area contributed by atoms with E-state index in [0.29, 0.717) is 10.6 Å². The average Bonchev–Trinajstić information content (AvgIpc) is 3.61. The first-order chi connectivity index (χ1) is 17.5. The van der Waals surface area contributed by atoms with Crippen molar-refractivity contribution in [2.75, 3.05) is 11.4 Å². The standard InChI is InChI=1S/C29H23ClFN3O2/c30-21-6-3-5-20(17-21)28-26-9-4-16-32(26)24-7-1-2-8-25(24)34(28)27(35)18-33(23-14-15-23)29(36)19-10-12-22(31)13-11-19/h1-13,16-17,23,28H,14-15,18H2. The van der Waals surface area contributed by atoms with Gasteiger partial charge in [0, 0.05) is 22.8 Å². The summed E-state index contributed by atoms with van der Waals surface area (Å²) in [5, 5.41) is 0.586. The van der Waals surface area contributed by atoms with Crippen molar-refractivity contribution in [3.8, 4) is 5.69 Å². The zero-order valence-corrected chi connectivity index (χ0v) is 20.1. The van der Waals surface area contributed by atoms with Crippen LogP contribution in [-0.2, 0) is 4.79 Å². The number of carbonyl (C=O) groups is 2. The van der Waals surface area contributed by atoms with Crippen LogP contribution in [0.25, 0.3) is 5.69 Å². The van der Waals surface area contributed by atoms with Crippen LogP contribution in [0.2, 0.25) is 5.02 Å². The molecule has 0 radical (unpaired) electrons. The molecule has 1 unspecified atom stereocenters. The number of carbonyl (C=O) groups excluding carboxylic acids is 2. The molecule has 2 heterocycles. The molecule has 1 fully saturated rings. The highest BCUT2D eigenvalue weighted by molar-refractivity contribution is 6.30. The van der Waals surface area contributed by atoms with Crippen LogP contribution < -0.4 is 4.90 Å². The van der Waals surface area contributed by atoms with Gasteiger partial charge in [0.05, 0.1) is 17.1 Å². The van der Waals surface area contributed by atoms with E-state index in [1.807, 2.05) is 66.9 Å². The van der Waals surface area contributed by atoms with Crippen molar-refractivity contribution in [3.63, 3.8) is 0 Å². The van der Waals surface area contributed by atoms with Crippen LogP contribution in [0.5, 0.6) is 0 Å². The molecule has 180 valence electrons. The molecule has 36 heavy (non-hydrogen) atoms. The molecule has 2 amide bonds. The van der Waals surface area contributed by atoms with E-state index in [-0.39, 0.29) is 24.4 Å². The van der Waals surface area contributed by atoms with Crippen LogP contribution in [0, 0.1) is 5.82 Å². The summed E-state index contributed by atoms with van der Waals surface area (Å²) in [5.74, 6) is -0.862. The van der Waals surface area contributed by atoms with Gasteiger partial charge >= 0.3 is 0 Å². The monoisotopic (exact) mass is 499 g/mol. The predicted molar refractivity (Wildman–Crippen MR) is 137 cm³/mol. The zero-order valence-electron chi connectivity index (χ0n) is 19.4. The normalized spacial score (nSPS) is 16.3. The molecular formula is C29H23ClFN3O2. The van der Waals surface area contributed by atoms with Crippen molar-refractivity contribution < 1.29 is 14.0 Å². The number of hydrogen-bond acceptors (Lipinski definition) is 2. The summed E-state index contributed by atoms with van der Waals surface area (Å²) in [4.78, 5) is 30.9. The smallest absolute Gasteiger partial charge is 0.254 e. The minimum Gasteiger partial charge on any atom is -0.326 e. The minimum absolute atomic E-state index is 0.0000170. The molecule has 1 saturated carbocycles. The quantitative estimate of drug-likeness (QED) is 0.337. The van der Waals surface area contributed by atoms with Gasteiger partial charge in [0.15, 0.2) is 0 Å². The molecule has 3 aromatic carbocycles. The van der Waals surface area contributed by atoms with Crippen molar-refractivity contribution in [1.29, 1.82) is 0 Å². The molecule has 0 spiro atoms. The molecule has 1 atom stereocenters. The van der Waals surface area contributed by atoms with Crippen LogP contribution in [0.1, 0.15) is 40.5 Å². The van der Waals surface area contributed by atoms with Gasteiger partial charge in [-0.1, -0.05) is 35.9 Å². The summed E-state index contributed by atoms with van der Waals surface area (Å²) in [6.07, 6.45) is 3.68. The Morgan fingerprint density at radius 1 is 0.917 bits per heavy atom. The minimum atomic E-state index is -0.414. The first-order valence-corrected chi connectivity index (χ1v) is 12.3. The first-order valence-electron chi connectivity index (χ1n) is 11.9. The number of rotatable bonds is 5. The Morgan fingerprint density at radius 3 is 2.39 bits per heavy atom. The fourth-order valence-corrected chi connectivity index (χ4v) is 5.19. The molecule has 7 heteroatoms. The van der Waals surface area contributed by atoms with Gasteiger partial charge in [-0.25, -0.2) is 4.39 Å². The predicted octanol–water partition coefficient (Wildman–Crippen LogP) is 6.01. The molecule has 1 aliphatic carbocycles. The number of halogens is 2. The van der Waals surface area contributed by atoms with Crippen molar-refractivity contribution in [2.45, 2.75) is 24.9 Å². The lowest BCUT2D eigenvalue weighted by atomic mass is 9.97. The van der Waals surface area contributed by atoms with Gasteiger partial charge in [-0.2, -0.15) is 0 Å². The van der Waals surface area contributed by atoms with E-state index in [9.17, 15) is 14.0 Å². The number of nitrogens with zero attached hydrogens (tertiary/aromatic N) is 3. The molecule has 2 aliphatic rings. The van der Waals surface area contributed by atoms with E-state index in [4.69, 9.17) is 11.6 Å². The van der Waals surface area contributed by atoms with E-state index < -0.39 is 11.9 Å². The van der Waals surface area contributed by atoms with E-state index >= 15 is 0 Å². The lowest BCUT2D eigenvalue weighted by Gasteiger charge is -2.39. The second kappa shape index (κ2) is 8.95. The van der Waals surface area contributed by atoms with E-state index in [2.05, 4.69) is 4.57 Å². The Morgan fingerprint density at radius 2 is 1.67 bits per heavy atom. The maximum Gasteiger partial charge on any atom is 0.254 e. The van der Waals surface area contributed by atoms with Crippen molar-refractivity contribution in [2.24, 2.45) is 0 Å². The second-order valence-corrected chi connectivity index (χ2v) is 9.62. The van der Waals surface area contributed by atoms with Crippen molar-refractivity contribution in [3.05, 3.63) is 119 Å². The molecule has 1 aromatic heterocycles. The number of para-hydroxylation sites is 2. The third-order valence-corrected chi connectivity index (χ3v) is 7.03. The SMILES string of the molecule is O=C(c1ccc(F)cc1)N(CC(=O)N1c2ccccc2-n2cccc2C1c1cccc(Cl)c1)C1CC1. The van der Waals surface area contributed by atoms with Gasteiger partial charge in [-0.3, -0.25) is 14.5 Å². The van der Waals surface area contributed by atoms with Crippen LogP contribution in [0.3, 0.4) is 0 Å². The summed E-state index contributed by atoms with van der Waals surface area (Å²) in [5.41, 5.74) is 3.85. The van der Waals surface area contributed by atoms with Gasteiger partial charge in [0.25, 0.3) is 5.91 Å². The third-order valence-electron chi connectivity index (χ3n) is 6.80. The molecule has 1 aliphatic heterocycles. The van der Waals surface area contributed by atoms with Crippen molar-refractivity contribution in [1.82, 2.24) is 9.47 Å². The molecular weight excluding hydrogens is 477 g/mol. The van der Waals surface area contributed by atoms with Crippen LogP contribution in [0.4, 0.5) is 10.1 Å². The second-order valence-electron chi connectivity index (χ2n) is 9.18. The molecule has 0 saturated heterocycles. The lowest BCUT2D eigenvalue weighted by Crippen LogP contribution is -2.47. The number of aromatic nitrogens is 1. The van der Waals surface area contributed by atoms with E-state index in [0.717, 1.165) is 35.5 Å². The van der Waals surface area contributed by atoms with Gasteiger partial charge in [-0.15, -0.1) is 0 Å². The van der Waals surface area contributed by atoms with E-state index in [1.54, 1.807) is 9.80 Å². The Labute approximate surface area is 213 Å². The Bertz CT molecular complexity index is 1460. The number of anilines is 1. The maximum atomic E-state index is 14.1. The van der Waals surface area contributed by atoms with Gasteiger partial charge < -0.3 is 9.47 Å². The largest absolute Gasteiger partial charge is 0.326 e. The fraction of sp³-hybridized carbons (Fsp3) is 0.172. The summed E-state index contributed by atoms with van der Waals surface area (Å²) < 4.78 is 15.5. The van der Waals surface area contributed by atoms with Crippen LogP contribution in [0.15, 0.2) is 91.1 Å². The van der Waals surface area contributed by atoms with Gasteiger partial charge in [0.1, 0.15) is 18.4 Å². The lowest BCUT2D eigenvalue weighted by molar-refractivity contribution is -0.119. The summed E-state index contributed by atoms with van der Waals surface area (Å²) in [6, 6.07) is 24.3. The van der Waals surface area contributed by atoms with Crippen LogP contribution in [-0.4, -0.2) is 33.9 Å². The Hall–Kier alpha value is -3.90. The third kappa shape index (κ3) is 3.97. The number of fused-ring (bicyclic) bond motifs is 3. The Kier molecular flexibility index (Phi) is 5.61. The number of hydrogen-bond donors (Lipinski definition) is 0. The summed E-state index contributed by atoms with van der Waals surface area (Å²) in [7, 11) is 0. The molecule has 0 bridgehead atoms. The van der Waals surface area contributed by atoms with Gasteiger partial charge in [0.2, 0.25) is 5.91 Å². The zero-order chi connectivity index (χ0) is 24.8. The fourth-order valence-electron chi connectivity index (χ4n) is 4.99. The van der Waals surface area contributed by atoms with Crippen molar-refractivity contribution >= 4 is 29.1 Å². The highest BCUT2D eigenvalue weighted by Gasteiger charge is 2.40. The highest BCUT2D eigenvalue weighted by Crippen LogP contribution is 2.43. The maximum absolute atomic E-state index is 14.1. The molecule has 5 nitrogen and oxygen atoms in total. The Balaban J connectivity index is 1.41. The number of benzene rings is 3. The average molecular weight is 500 g/mol. The number of amides is 2. The molecule has 6 rings (SSSR count). The summed E-state index contributed by atoms with van der Waals surface area (Å²) >= 11 is 6.36. The highest BCUT2D eigenvalue weighted by atomic mass is 35.5. The molecule has 0 N–H and O–H groups in total. The van der Waals surface area contributed by atoms with Crippen LogP contribution >= 0.6 is 11.6 Å². The molecule has 4 aromatic rings. The van der Waals surface area contributed by atoms with Gasteiger partial charge in [-0.05, 0) is 79.1 Å². The first kappa shape index (κ1) is 22.6.